The summed E-state index contributed by atoms with van der Waals surface area (Å²) < 4.78 is 22.9. The summed E-state index contributed by atoms with van der Waals surface area (Å²) in [7, 11) is -3.76. The lowest BCUT2D eigenvalue weighted by atomic mass is 9.98. The van der Waals surface area contributed by atoms with E-state index in [1.807, 2.05) is 31.2 Å². The molecule has 0 aliphatic heterocycles. The molecule has 3 rings (SSSR count). The Labute approximate surface area is 161 Å². The van der Waals surface area contributed by atoms with Crippen LogP contribution in [0.1, 0.15) is 22.2 Å². The average molecular weight is 406 g/mol. The molecule has 2 aromatic carbocycles. The van der Waals surface area contributed by atoms with Crippen LogP contribution in [-0.4, -0.2) is 14.2 Å². The number of thiophene rings is 1. The largest absolute Gasteiger partial charge is 0.294 e. The number of primary sulfonamides is 1. The van der Waals surface area contributed by atoms with Gasteiger partial charge >= 0.3 is 0 Å². The molecule has 7 heteroatoms. The second kappa shape index (κ2) is 6.96. The molecule has 0 spiro atoms. The molecule has 0 unspecified atom stereocenters. The molecule has 0 saturated heterocycles. The number of sulfonamides is 1. The maximum atomic E-state index is 12.2. The second-order valence-electron chi connectivity index (χ2n) is 5.89. The number of Topliss-reactive ketones (excluding diaryl/α,β-unsaturated/α-hetero) is 1. The van der Waals surface area contributed by atoms with E-state index in [1.54, 1.807) is 12.1 Å². The van der Waals surface area contributed by atoms with Gasteiger partial charge in [-0.1, -0.05) is 35.9 Å². The number of benzene rings is 2. The molecular weight excluding hydrogens is 390 g/mol. The Balaban J connectivity index is 2.18. The Kier molecular flexibility index (Phi) is 5.03. The highest BCUT2D eigenvalue weighted by Gasteiger charge is 2.21. The van der Waals surface area contributed by atoms with Gasteiger partial charge in [0.05, 0.1) is 9.77 Å². The molecule has 1 heterocycles. The molecule has 0 bridgehead atoms. The predicted molar refractivity (Wildman–Crippen MR) is 106 cm³/mol. The summed E-state index contributed by atoms with van der Waals surface area (Å²) >= 11 is 7.39. The molecule has 0 saturated carbocycles. The van der Waals surface area contributed by atoms with E-state index in [0.717, 1.165) is 27.1 Å². The van der Waals surface area contributed by atoms with Crippen molar-refractivity contribution in [2.75, 3.05) is 0 Å². The molecule has 0 radical (unpaired) electrons. The van der Waals surface area contributed by atoms with Gasteiger partial charge in [0.2, 0.25) is 10.0 Å². The Hall–Kier alpha value is -1.99. The number of carbonyl (C=O) groups is 1. The van der Waals surface area contributed by atoms with Crippen molar-refractivity contribution in [2.24, 2.45) is 5.14 Å². The third kappa shape index (κ3) is 3.59. The molecule has 0 atom stereocenters. The SMILES string of the molecule is CC(=O)c1sc(-c2ccc(Cl)cc2)c(C)c1-c1ccc(S(N)(=O)=O)cc1. The third-order valence-electron chi connectivity index (χ3n) is 4.04. The van der Waals surface area contributed by atoms with Crippen molar-refractivity contribution in [3.05, 3.63) is 64.0 Å². The number of ketones is 1. The van der Waals surface area contributed by atoms with Crippen molar-refractivity contribution in [3.8, 4) is 21.6 Å². The van der Waals surface area contributed by atoms with Crippen molar-refractivity contribution in [2.45, 2.75) is 18.7 Å². The van der Waals surface area contributed by atoms with E-state index in [-0.39, 0.29) is 10.7 Å². The van der Waals surface area contributed by atoms with Crippen LogP contribution in [0.4, 0.5) is 0 Å². The summed E-state index contributed by atoms with van der Waals surface area (Å²) in [6.07, 6.45) is 0. The molecule has 0 aliphatic rings. The van der Waals surface area contributed by atoms with Crippen LogP contribution in [0.25, 0.3) is 21.6 Å². The van der Waals surface area contributed by atoms with Gasteiger partial charge in [-0.25, -0.2) is 13.6 Å². The summed E-state index contributed by atoms with van der Waals surface area (Å²) in [5.41, 5.74) is 3.53. The molecular formula is C19H16ClNO3S2. The zero-order valence-corrected chi connectivity index (χ0v) is 16.5. The van der Waals surface area contributed by atoms with E-state index in [1.165, 1.54) is 30.4 Å². The number of hydrogen-bond acceptors (Lipinski definition) is 4. The number of rotatable bonds is 4. The molecule has 1 aromatic heterocycles. The smallest absolute Gasteiger partial charge is 0.238 e. The van der Waals surface area contributed by atoms with Gasteiger partial charge in [0, 0.05) is 15.5 Å². The minimum Gasteiger partial charge on any atom is -0.294 e. The van der Waals surface area contributed by atoms with Crippen LogP contribution >= 0.6 is 22.9 Å². The van der Waals surface area contributed by atoms with Gasteiger partial charge in [-0.05, 0) is 54.8 Å². The molecule has 0 aliphatic carbocycles. The monoisotopic (exact) mass is 405 g/mol. The maximum Gasteiger partial charge on any atom is 0.238 e. The fourth-order valence-electron chi connectivity index (χ4n) is 2.80. The number of hydrogen-bond donors (Lipinski definition) is 1. The van der Waals surface area contributed by atoms with Crippen LogP contribution in [0, 0.1) is 6.92 Å². The minimum atomic E-state index is -3.76. The third-order valence-corrected chi connectivity index (χ3v) is 6.67. The lowest BCUT2D eigenvalue weighted by Crippen LogP contribution is -2.11. The lowest BCUT2D eigenvalue weighted by Gasteiger charge is -2.06. The fraction of sp³-hybridized carbons (Fsp3) is 0.105. The van der Waals surface area contributed by atoms with Crippen molar-refractivity contribution < 1.29 is 13.2 Å². The van der Waals surface area contributed by atoms with E-state index in [9.17, 15) is 13.2 Å². The minimum absolute atomic E-state index is 0.0381. The first-order valence-electron chi connectivity index (χ1n) is 7.72. The van der Waals surface area contributed by atoms with E-state index in [0.29, 0.717) is 9.90 Å². The summed E-state index contributed by atoms with van der Waals surface area (Å²) in [5, 5.41) is 5.80. The van der Waals surface area contributed by atoms with E-state index in [2.05, 4.69) is 0 Å². The summed E-state index contributed by atoms with van der Waals surface area (Å²) in [5.74, 6) is -0.0381. The first kappa shape index (κ1) is 18.8. The van der Waals surface area contributed by atoms with Gasteiger partial charge in [-0.3, -0.25) is 4.79 Å². The highest BCUT2D eigenvalue weighted by atomic mass is 35.5. The molecule has 2 N–H and O–H groups in total. The zero-order valence-electron chi connectivity index (χ0n) is 14.1. The quantitative estimate of drug-likeness (QED) is 0.627. The van der Waals surface area contributed by atoms with Crippen molar-refractivity contribution >= 4 is 38.7 Å². The first-order chi connectivity index (χ1) is 12.2. The number of halogens is 1. The first-order valence-corrected chi connectivity index (χ1v) is 10.5. The van der Waals surface area contributed by atoms with Crippen molar-refractivity contribution in [1.82, 2.24) is 0 Å². The number of nitrogens with two attached hydrogens (primary N) is 1. The Bertz CT molecular complexity index is 1080. The second-order valence-corrected chi connectivity index (χ2v) is 8.91. The van der Waals surface area contributed by atoms with Gasteiger partial charge in [-0.15, -0.1) is 11.3 Å². The Morgan fingerprint density at radius 3 is 2.04 bits per heavy atom. The Morgan fingerprint density at radius 1 is 1.00 bits per heavy atom. The maximum absolute atomic E-state index is 12.2. The van der Waals surface area contributed by atoms with Gasteiger partial charge in [-0.2, -0.15) is 0 Å². The van der Waals surface area contributed by atoms with Gasteiger partial charge < -0.3 is 0 Å². The van der Waals surface area contributed by atoms with Gasteiger partial charge in [0.15, 0.2) is 5.78 Å². The van der Waals surface area contributed by atoms with Crippen molar-refractivity contribution in [3.63, 3.8) is 0 Å². The number of carbonyl (C=O) groups excluding carboxylic acids is 1. The summed E-state index contributed by atoms with van der Waals surface area (Å²) in [6.45, 7) is 3.48. The molecule has 26 heavy (non-hydrogen) atoms. The molecule has 3 aromatic rings. The standard InChI is InChI=1S/C19H16ClNO3S2/c1-11-17(13-5-9-16(10-6-13)26(21,23)24)19(12(2)22)25-18(11)14-3-7-15(20)8-4-14/h3-10H,1-2H3,(H2,21,23,24). The van der Waals surface area contributed by atoms with Crippen LogP contribution in [0.15, 0.2) is 53.4 Å². The zero-order chi connectivity index (χ0) is 19.1. The van der Waals surface area contributed by atoms with Gasteiger partial charge in [0.25, 0.3) is 0 Å². The fourth-order valence-corrected chi connectivity index (χ4v) is 4.67. The van der Waals surface area contributed by atoms with E-state index < -0.39 is 10.0 Å². The normalized spacial score (nSPS) is 11.5. The predicted octanol–water partition coefficient (Wildman–Crippen LogP) is 4.89. The van der Waals surface area contributed by atoms with Gasteiger partial charge in [0.1, 0.15) is 0 Å². The van der Waals surface area contributed by atoms with Crippen LogP contribution in [0.3, 0.4) is 0 Å². The topological polar surface area (TPSA) is 77.2 Å². The summed E-state index contributed by atoms with van der Waals surface area (Å²) in [6, 6.07) is 13.7. The highest BCUT2D eigenvalue weighted by molar-refractivity contribution is 7.89. The molecule has 0 amide bonds. The van der Waals surface area contributed by atoms with Crippen molar-refractivity contribution in [1.29, 1.82) is 0 Å². The van der Waals surface area contributed by atoms with Crippen LogP contribution in [0.5, 0.6) is 0 Å². The van der Waals surface area contributed by atoms with E-state index >= 15 is 0 Å². The van der Waals surface area contributed by atoms with E-state index in [4.69, 9.17) is 16.7 Å². The molecule has 134 valence electrons. The van der Waals surface area contributed by atoms with Crippen LogP contribution < -0.4 is 5.14 Å². The summed E-state index contributed by atoms with van der Waals surface area (Å²) in [4.78, 5) is 13.8. The Morgan fingerprint density at radius 2 is 1.54 bits per heavy atom. The lowest BCUT2D eigenvalue weighted by molar-refractivity contribution is 0.102. The van der Waals surface area contributed by atoms with Crippen LogP contribution in [0.2, 0.25) is 5.02 Å². The highest BCUT2D eigenvalue weighted by Crippen LogP contribution is 2.42. The molecule has 0 fully saturated rings. The van der Waals surface area contributed by atoms with Crippen LogP contribution in [-0.2, 0) is 10.0 Å². The molecule has 4 nitrogen and oxygen atoms in total. The average Bonchev–Trinajstić information content (AvgIpc) is 2.92.